The van der Waals surface area contributed by atoms with E-state index in [1.165, 1.54) is 18.3 Å². The number of hydrogen-bond donors (Lipinski definition) is 0. The highest BCUT2D eigenvalue weighted by Crippen LogP contribution is 2.28. The first-order chi connectivity index (χ1) is 7.74. The molecular weight excluding hydrogens is 232 g/mol. The minimum atomic E-state index is -0.705. The van der Waals surface area contributed by atoms with Gasteiger partial charge >= 0.3 is 0 Å². The van der Waals surface area contributed by atoms with Gasteiger partial charge in [0.25, 0.3) is 0 Å². The molecule has 0 fully saturated rings. The number of pyridine rings is 1. The molecule has 0 spiro atoms. The first kappa shape index (κ1) is 11.0. The topological polar surface area (TPSA) is 12.9 Å². The summed E-state index contributed by atoms with van der Waals surface area (Å²) in [5.74, 6) is -1.08. The maximum Gasteiger partial charge on any atom is 0.221 e. The van der Waals surface area contributed by atoms with Crippen molar-refractivity contribution in [1.29, 1.82) is 0 Å². The van der Waals surface area contributed by atoms with Crippen LogP contribution in [0.3, 0.4) is 0 Å². The average Bonchev–Trinajstić information content (AvgIpc) is 2.30. The molecular formula is C12H8ClF2N. The summed E-state index contributed by atoms with van der Waals surface area (Å²) in [6.45, 7) is 0. The molecule has 0 saturated carbocycles. The van der Waals surface area contributed by atoms with E-state index in [0.29, 0.717) is 5.56 Å². The second-order valence-corrected chi connectivity index (χ2v) is 3.52. The van der Waals surface area contributed by atoms with E-state index in [1.807, 2.05) is 0 Å². The molecule has 2 aromatic rings. The first-order valence-corrected chi connectivity index (χ1v) is 5.21. The van der Waals surface area contributed by atoms with E-state index in [1.54, 1.807) is 18.2 Å². The molecule has 1 nitrogen and oxygen atoms in total. The first-order valence-electron chi connectivity index (χ1n) is 4.68. The fourth-order valence-corrected chi connectivity index (χ4v) is 1.76. The Bertz CT molecular complexity index is 514. The number of halogens is 3. The van der Waals surface area contributed by atoms with Gasteiger partial charge in [-0.1, -0.05) is 18.2 Å². The van der Waals surface area contributed by atoms with Crippen LogP contribution in [0, 0.1) is 11.8 Å². The van der Waals surface area contributed by atoms with Crippen molar-refractivity contribution in [3.05, 3.63) is 53.9 Å². The SMILES string of the molecule is Fc1ccccc1-c1c(CCl)ccnc1F. The molecule has 0 amide bonds. The zero-order valence-corrected chi connectivity index (χ0v) is 9.01. The lowest BCUT2D eigenvalue weighted by Gasteiger charge is -2.08. The van der Waals surface area contributed by atoms with Gasteiger partial charge in [0.15, 0.2) is 0 Å². The van der Waals surface area contributed by atoms with E-state index in [9.17, 15) is 8.78 Å². The zero-order valence-electron chi connectivity index (χ0n) is 8.25. The van der Waals surface area contributed by atoms with Crippen LogP contribution < -0.4 is 0 Å². The van der Waals surface area contributed by atoms with Crippen molar-refractivity contribution in [2.75, 3.05) is 0 Å². The van der Waals surface area contributed by atoms with Crippen molar-refractivity contribution >= 4 is 11.6 Å². The van der Waals surface area contributed by atoms with Crippen LogP contribution in [0.4, 0.5) is 8.78 Å². The highest BCUT2D eigenvalue weighted by Gasteiger charge is 2.14. The number of aromatic nitrogens is 1. The molecule has 0 bridgehead atoms. The van der Waals surface area contributed by atoms with Gasteiger partial charge in [-0.25, -0.2) is 9.37 Å². The fourth-order valence-electron chi connectivity index (χ4n) is 1.53. The summed E-state index contributed by atoms with van der Waals surface area (Å²) in [7, 11) is 0. The van der Waals surface area contributed by atoms with E-state index < -0.39 is 11.8 Å². The maximum absolute atomic E-state index is 13.6. The number of rotatable bonds is 2. The standard InChI is InChI=1S/C12H8ClF2N/c13-7-8-5-6-16-12(15)11(8)9-3-1-2-4-10(9)14/h1-6H,7H2. The van der Waals surface area contributed by atoms with E-state index >= 15 is 0 Å². The molecule has 0 saturated heterocycles. The smallest absolute Gasteiger partial charge is 0.221 e. The maximum atomic E-state index is 13.6. The number of benzene rings is 1. The molecule has 4 heteroatoms. The molecule has 0 atom stereocenters. The van der Waals surface area contributed by atoms with Crippen LogP contribution >= 0.6 is 11.6 Å². The van der Waals surface area contributed by atoms with Crippen LogP contribution in [0.1, 0.15) is 5.56 Å². The predicted molar refractivity (Wildman–Crippen MR) is 59.1 cm³/mol. The third-order valence-corrected chi connectivity index (χ3v) is 2.57. The van der Waals surface area contributed by atoms with Crippen molar-refractivity contribution in [3.63, 3.8) is 0 Å². The van der Waals surface area contributed by atoms with Crippen LogP contribution in [0.15, 0.2) is 36.5 Å². The molecule has 1 heterocycles. The van der Waals surface area contributed by atoms with Gasteiger partial charge in [-0.2, -0.15) is 4.39 Å². The van der Waals surface area contributed by atoms with Crippen LogP contribution in [-0.4, -0.2) is 4.98 Å². The van der Waals surface area contributed by atoms with Crippen molar-refractivity contribution in [2.45, 2.75) is 5.88 Å². The Morgan fingerprint density at radius 1 is 1.12 bits per heavy atom. The van der Waals surface area contributed by atoms with Gasteiger partial charge < -0.3 is 0 Å². The molecule has 0 unspecified atom stereocenters. The highest BCUT2D eigenvalue weighted by atomic mass is 35.5. The summed E-state index contributed by atoms with van der Waals surface area (Å²) in [5.41, 5.74) is 0.846. The number of nitrogens with zero attached hydrogens (tertiary/aromatic N) is 1. The Hall–Kier alpha value is -1.48. The van der Waals surface area contributed by atoms with Gasteiger partial charge in [-0.3, -0.25) is 0 Å². The second kappa shape index (κ2) is 4.58. The van der Waals surface area contributed by atoms with E-state index in [2.05, 4.69) is 4.98 Å². The van der Waals surface area contributed by atoms with Crippen molar-refractivity contribution in [3.8, 4) is 11.1 Å². The Kier molecular flexibility index (Phi) is 3.15. The molecule has 0 N–H and O–H groups in total. The lowest BCUT2D eigenvalue weighted by molar-refractivity contribution is 0.581. The van der Waals surface area contributed by atoms with E-state index in [4.69, 9.17) is 11.6 Å². The molecule has 82 valence electrons. The largest absolute Gasteiger partial charge is 0.228 e. The minimum Gasteiger partial charge on any atom is -0.228 e. The van der Waals surface area contributed by atoms with Crippen LogP contribution in [0.2, 0.25) is 0 Å². The second-order valence-electron chi connectivity index (χ2n) is 3.25. The van der Waals surface area contributed by atoms with Gasteiger partial charge in [0.05, 0.1) is 0 Å². The lowest BCUT2D eigenvalue weighted by Crippen LogP contribution is -1.96. The van der Waals surface area contributed by atoms with Crippen molar-refractivity contribution < 1.29 is 8.78 Å². The molecule has 0 aliphatic rings. The Morgan fingerprint density at radius 3 is 2.56 bits per heavy atom. The monoisotopic (exact) mass is 239 g/mol. The van der Waals surface area contributed by atoms with E-state index in [-0.39, 0.29) is 17.0 Å². The summed E-state index contributed by atoms with van der Waals surface area (Å²) < 4.78 is 27.1. The molecule has 0 radical (unpaired) electrons. The van der Waals surface area contributed by atoms with Crippen LogP contribution in [-0.2, 0) is 5.88 Å². The summed E-state index contributed by atoms with van der Waals surface area (Å²) in [6.07, 6.45) is 1.32. The van der Waals surface area contributed by atoms with Crippen molar-refractivity contribution in [2.24, 2.45) is 0 Å². The van der Waals surface area contributed by atoms with Gasteiger partial charge in [-0.15, -0.1) is 11.6 Å². The summed E-state index contributed by atoms with van der Waals surface area (Å²) in [5, 5.41) is 0. The molecule has 0 aliphatic heterocycles. The third-order valence-electron chi connectivity index (χ3n) is 2.28. The molecule has 2 rings (SSSR count). The Morgan fingerprint density at radius 2 is 1.88 bits per heavy atom. The number of hydrogen-bond acceptors (Lipinski definition) is 1. The summed E-state index contributed by atoms with van der Waals surface area (Å²) >= 11 is 5.69. The Balaban J connectivity index is 2.68. The minimum absolute atomic E-state index is 0.114. The summed E-state index contributed by atoms with van der Waals surface area (Å²) in [6, 6.07) is 7.56. The zero-order chi connectivity index (χ0) is 11.5. The van der Waals surface area contributed by atoms with Gasteiger partial charge in [-0.05, 0) is 17.7 Å². The third kappa shape index (κ3) is 1.91. The molecule has 1 aromatic carbocycles. The quantitative estimate of drug-likeness (QED) is 0.574. The van der Waals surface area contributed by atoms with Crippen molar-refractivity contribution in [1.82, 2.24) is 4.98 Å². The van der Waals surface area contributed by atoms with Crippen LogP contribution in [0.25, 0.3) is 11.1 Å². The normalized spacial score (nSPS) is 10.4. The molecule has 16 heavy (non-hydrogen) atoms. The molecule has 0 aliphatic carbocycles. The lowest BCUT2D eigenvalue weighted by atomic mass is 10.0. The number of alkyl halides is 1. The molecule has 1 aromatic heterocycles. The van der Waals surface area contributed by atoms with Gasteiger partial charge in [0, 0.05) is 23.2 Å². The van der Waals surface area contributed by atoms with E-state index in [0.717, 1.165) is 0 Å². The predicted octanol–water partition coefficient (Wildman–Crippen LogP) is 3.77. The summed E-state index contributed by atoms with van der Waals surface area (Å²) in [4.78, 5) is 3.51. The van der Waals surface area contributed by atoms with Gasteiger partial charge in [0.1, 0.15) is 5.82 Å². The highest BCUT2D eigenvalue weighted by molar-refractivity contribution is 6.17. The van der Waals surface area contributed by atoms with Gasteiger partial charge in [0.2, 0.25) is 5.95 Å². The average molecular weight is 240 g/mol. The Labute approximate surface area is 96.7 Å². The fraction of sp³-hybridized carbons (Fsp3) is 0.0833. The van der Waals surface area contributed by atoms with Crippen LogP contribution in [0.5, 0.6) is 0 Å².